The zero-order chi connectivity index (χ0) is 17.1. The second-order valence-corrected chi connectivity index (χ2v) is 5.51. The van der Waals surface area contributed by atoms with Crippen molar-refractivity contribution in [3.63, 3.8) is 0 Å². The summed E-state index contributed by atoms with van der Waals surface area (Å²) in [6, 6.07) is 14.1. The molecule has 0 radical (unpaired) electrons. The second kappa shape index (κ2) is 6.72. The van der Waals surface area contributed by atoms with Crippen LogP contribution in [0.4, 0.5) is 5.69 Å². The number of phenols is 1. The van der Waals surface area contributed by atoms with Crippen LogP contribution < -0.4 is 15.0 Å². The lowest BCUT2D eigenvalue weighted by Crippen LogP contribution is -2.30. The lowest BCUT2D eigenvalue weighted by atomic mass is 10.1. The Hall–Kier alpha value is -2.86. The number of anilines is 1. The molecule has 1 amide bonds. The van der Waals surface area contributed by atoms with Gasteiger partial charge in [0.25, 0.3) is 5.91 Å². The summed E-state index contributed by atoms with van der Waals surface area (Å²) in [5.41, 5.74) is 1.81. The molecule has 0 aliphatic carbocycles. The smallest absolute Gasteiger partial charge is 0.281 e. The van der Waals surface area contributed by atoms with Crippen molar-refractivity contribution >= 4 is 35.0 Å². The maximum Gasteiger partial charge on any atom is 0.281 e. The SMILES string of the molecule is CCOc1cc(/C=C2/NC(=S)N(c3ccccc3)C2=O)ccc1O. The molecule has 1 saturated heterocycles. The van der Waals surface area contributed by atoms with Gasteiger partial charge in [-0.15, -0.1) is 0 Å². The van der Waals surface area contributed by atoms with Gasteiger partial charge in [0, 0.05) is 0 Å². The van der Waals surface area contributed by atoms with Crippen LogP contribution in [0.2, 0.25) is 0 Å². The molecule has 0 aromatic heterocycles. The van der Waals surface area contributed by atoms with E-state index in [1.807, 2.05) is 37.3 Å². The Balaban J connectivity index is 1.91. The number of aromatic hydroxyl groups is 1. The van der Waals surface area contributed by atoms with E-state index in [0.717, 1.165) is 5.56 Å². The van der Waals surface area contributed by atoms with Crippen LogP contribution in [0.15, 0.2) is 54.2 Å². The first-order chi connectivity index (χ1) is 11.6. The highest BCUT2D eigenvalue weighted by Crippen LogP contribution is 2.28. The van der Waals surface area contributed by atoms with E-state index >= 15 is 0 Å². The van der Waals surface area contributed by atoms with Crippen molar-refractivity contribution in [2.75, 3.05) is 11.5 Å². The summed E-state index contributed by atoms with van der Waals surface area (Å²) in [6.45, 7) is 2.28. The van der Waals surface area contributed by atoms with Gasteiger partial charge < -0.3 is 15.2 Å². The van der Waals surface area contributed by atoms with Crippen LogP contribution in [0.5, 0.6) is 11.5 Å². The third-order valence-corrected chi connectivity index (χ3v) is 3.77. The molecule has 1 aliphatic heterocycles. The van der Waals surface area contributed by atoms with Gasteiger partial charge in [0.2, 0.25) is 0 Å². The fourth-order valence-corrected chi connectivity index (χ4v) is 2.70. The Bertz CT molecular complexity index is 818. The molecule has 5 nitrogen and oxygen atoms in total. The molecule has 2 aromatic carbocycles. The van der Waals surface area contributed by atoms with E-state index in [9.17, 15) is 9.90 Å². The van der Waals surface area contributed by atoms with Crippen molar-refractivity contribution in [1.82, 2.24) is 5.32 Å². The van der Waals surface area contributed by atoms with Crippen LogP contribution in [0, 0.1) is 0 Å². The molecule has 1 aliphatic rings. The number of phenolic OH excluding ortho intramolecular Hbond substituents is 1. The van der Waals surface area contributed by atoms with Crippen molar-refractivity contribution in [3.05, 3.63) is 59.8 Å². The van der Waals surface area contributed by atoms with Gasteiger partial charge in [-0.1, -0.05) is 24.3 Å². The molecule has 0 bridgehead atoms. The molecular weight excluding hydrogens is 324 g/mol. The number of carbonyl (C=O) groups excluding carboxylic acids is 1. The number of ether oxygens (including phenoxy) is 1. The molecule has 2 N–H and O–H groups in total. The van der Waals surface area contributed by atoms with Crippen molar-refractivity contribution in [2.24, 2.45) is 0 Å². The van der Waals surface area contributed by atoms with Gasteiger partial charge in [-0.05, 0) is 55.0 Å². The minimum atomic E-state index is -0.225. The van der Waals surface area contributed by atoms with Crippen LogP contribution in [0.1, 0.15) is 12.5 Å². The Morgan fingerprint density at radius 1 is 1.25 bits per heavy atom. The van der Waals surface area contributed by atoms with Crippen LogP contribution in [-0.2, 0) is 4.79 Å². The number of nitrogens with one attached hydrogen (secondary N) is 1. The molecule has 0 spiro atoms. The van der Waals surface area contributed by atoms with E-state index in [1.54, 1.807) is 18.2 Å². The Kier molecular flexibility index (Phi) is 4.48. The molecule has 0 unspecified atom stereocenters. The van der Waals surface area contributed by atoms with Crippen LogP contribution in [0.25, 0.3) is 6.08 Å². The summed E-state index contributed by atoms with van der Waals surface area (Å²) in [4.78, 5) is 14.1. The average molecular weight is 340 g/mol. The molecule has 2 aromatic rings. The fourth-order valence-electron chi connectivity index (χ4n) is 2.40. The summed E-state index contributed by atoms with van der Waals surface area (Å²) >= 11 is 5.27. The summed E-state index contributed by atoms with van der Waals surface area (Å²) in [7, 11) is 0. The molecule has 122 valence electrons. The van der Waals surface area contributed by atoms with Gasteiger partial charge in [0.15, 0.2) is 16.6 Å². The van der Waals surface area contributed by atoms with Crippen molar-refractivity contribution < 1.29 is 14.6 Å². The topological polar surface area (TPSA) is 61.8 Å². The van der Waals surface area contributed by atoms with Gasteiger partial charge in [-0.3, -0.25) is 9.69 Å². The highest BCUT2D eigenvalue weighted by Gasteiger charge is 2.31. The summed E-state index contributed by atoms with van der Waals surface area (Å²) in [5, 5.41) is 13.0. The fraction of sp³-hybridized carbons (Fsp3) is 0.111. The number of hydrogen-bond donors (Lipinski definition) is 2. The summed E-state index contributed by atoms with van der Waals surface area (Å²) < 4.78 is 5.36. The van der Waals surface area contributed by atoms with Gasteiger partial charge in [0.1, 0.15) is 5.70 Å². The zero-order valence-corrected chi connectivity index (χ0v) is 13.8. The Labute approximate surface area is 145 Å². The lowest BCUT2D eigenvalue weighted by molar-refractivity contribution is -0.113. The Morgan fingerprint density at radius 3 is 2.71 bits per heavy atom. The van der Waals surface area contributed by atoms with E-state index in [2.05, 4.69) is 5.32 Å². The van der Waals surface area contributed by atoms with Crippen LogP contribution in [-0.4, -0.2) is 22.7 Å². The molecule has 0 atom stereocenters. The summed E-state index contributed by atoms with van der Waals surface area (Å²) in [5.74, 6) is 0.211. The molecule has 0 saturated carbocycles. The number of hydrogen-bond acceptors (Lipinski definition) is 4. The monoisotopic (exact) mass is 340 g/mol. The largest absolute Gasteiger partial charge is 0.504 e. The Morgan fingerprint density at radius 2 is 2.00 bits per heavy atom. The van der Waals surface area contributed by atoms with Gasteiger partial charge in [0.05, 0.1) is 12.3 Å². The first-order valence-electron chi connectivity index (χ1n) is 7.48. The molecule has 6 heteroatoms. The minimum absolute atomic E-state index is 0.0612. The van der Waals surface area contributed by atoms with Crippen molar-refractivity contribution in [1.29, 1.82) is 0 Å². The van der Waals surface area contributed by atoms with E-state index in [4.69, 9.17) is 17.0 Å². The van der Waals surface area contributed by atoms with Gasteiger partial charge >= 0.3 is 0 Å². The van der Waals surface area contributed by atoms with Gasteiger partial charge in [-0.25, -0.2) is 0 Å². The summed E-state index contributed by atoms with van der Waals surface area (Å²) in [6.07, 6.45) is 1.68. The highest BCUT2D eigenvalue weighted by atomic mass is 32.1. The predicted molar refractivity (Wildman–Crippen MR) is 96.9 cm³/mol. The molecule has 1 heterocycles. The van der Waals surface area contributed by atoms with Crippen molar-refractivity contribution in [2.45, 2.75) is 6.92 Å². The number of amides is 1. The lowest BCUT2D eigenvalue weighted by Gasteiger charge is -2.13. The first-order valence-corrected chi connectivity index (χ1v) is 7.89. The number of nitrogens with zero attached hydrogens (tertiary/aromatic N) is 1. The molecule has 1 fully saturated rings. The molecule has 3 rings (SSSR count). The third kappa shape index (κ3) is 3.09. The molecular formula is C18H16N2O3S. The van der Waals surface area contributed by atoms with Crippen molar-refractivity contribution in [3.8, 4) is 11.5 Å². The molecule has 24 heavy (non-hydrogen) atoms. The third-order valence-electron chi connectivity index (χ3n) is 3.49. The number of rotatable bonds is 4. The number of thiocarbonyl (C=S) groups is 1. The number of carbonyl (C=O) groups is 1. The van der Waals surface area contributed by atoms with Crippen LogP contribution in [0.3, 0.4) is 0 Å². The van der Waals surface area contributed by atoms with Crippen LogP contribution >= 0.6 is 12.2 Å². The second-order valence-electron chi connectivity index (χ2n) is 5.12. The quantitative estimate of drug-likeness (QED) is 0.662. The standard InChI is InChI=1S/C18H16N2O3S/c1-2-23-16-11-12(8-9-15(16)21)10-14-17(22)20(18(24)19-14)13-6-4-3-5-7-13/h3-11,21H,2H2,1H3,(H,19,24)/b14-10+. The van der Waals surface area contributed by atoms with Gasteiger partial charge in [-0.2, -0.15) is 0 Å². The predicted octanol–water partition coefficient (Wildman–Crippen LogP) is 3.05. The normalized spacial score (nSPS) is 15.7. The maximum atomic E-state index is 12.6. The maximum absolute atomic E-state index is 12.6. The van der Waals surface area contributed by atoms with E-state index in [1.165, 1.54) is 11.0 Å². The highest BCUT2D eigenvalue weighted by molar-refractivity contribution is 7.80. The van der Waals surface area contributed by atoms with E-state index in [-0.39, 0.29) is 11.7 Å². The number of benzene rings is 2. The average Bonchev–Trinajstić information content (AvgIpc) is 2.85. The minimum Gasteiger partial charge on any atom is -0.504 e. The number of para-hydroxylation sites is 1. The first kappa shape index (κ1) is 16.0. The van der Waals surface area contributed by atoms with E-state index < -0.39 is 0 Å². The van der Waals surface area contributed by atoms with E-state index in [0.29, 0.717) is 28.9 Å². The zero-order valence-electron chi connectivity index (χ0n) is 13.0.